The molecule has 5 aliphatic rings. The molecule has 1 aromatic carbocycles. The van der Waals surface area contributed by atoms with Gasteiger partial charge in [0, 0.05) is 0 Å². The van der Waals surface area contributed by atoms with Crippen molar-refractivity contribution in [2.75, 3.05) is 5.75 Å². The van der Waals surface area contributed by atoms with Crippen LogP contribution in [0.2, 0.25) is 0 Å². The summed E-state index contributed by atoms with van der Waals surface area (Å²) >= 11 is 0. The minimum Gasteiger partial charge on any atom is -0.228 e. The van der Waals surface area contributed by atoms with E-state index in [4.69, 9.17) is 0 Å². The van der Waals surface area contributed by atoms with E-state index >= 15 is 0 Å². The van der Waals surface area contributed by atoms with Gasteiger partial charge in [-0.25, -0.2) is 8.42 Å². The molecule has 0 atom stereocenters. The smallest absolute Gasteiger partial charge is 0.160 e. The molecule has 0 saturated heterocycles. The highest BCUT2D eigenvalue weighted by Crippen LogP contribution is 2.59. The van der Waals surface area contributed by atoms with Gasteiger partial charge in [-0.15, -0.1) is 0 Å². The molecule has 0 amide bonds. The quantitative estimate of drug-likeness (QED) is 0.830. The molecule has 2 nitrogen and oxygen atoms in total. The fraction of sp³-hybridized carbons (Fsp3) is 0.700. The van der Waals surface area contributed by atoms with Crippen LogP contribution in [0.15, 0.2) is 30.3 Å². The first-order chi connectivity index (χ1) is 11.1. The van der Waals surface area contributed by atoms with E-state index in [2.05, 4.69) is 0 Å². The molecule has 0 N–H and O–H groups in total. The van der Waals surface area contributed by atoms with E-state index in [1.54, 1.807) is 0 Å². The highest BCUT2D eigenvalue weighted by atomic mass is 32.2. The predicted molar refractivity (Wildman–Crippen MR) is 91.7 cm³/mol. The van der Waals surface area contributed by atoms with Gasteiger partial charge < -0.3 is 0 Å². The molecular weight excluding hydrogens is 304 g/mol. The number of hydrogen-bond donors (Lipinski definition) is 0. The predicted octanol–water partition coefficient (Wildman–Crippen LogP) is 4.16. The Balaban J connectivity index is 1.42. The molecular formula is C20H26O2S. The van der Waals surface area contributed by atoms with Crippen molar-refractivity contribution in [1.29, 1.82) is 0 Å². The lowest BCUT2D eigenvalue weighted by molar-refractivity contribution is -0.0269. The first kappa shape index (κ1) is 14.5. The maximum Gasteiger partial charge on any atom is 0.160 e. The van der Waals surface area contributed by atoms with Crippen molar-refractivity contribution in [3.63, 3.8) is 0 Å². The number of sulfone groups is 1. The van der Waals surface area contributed by atoms with Crippen LogP contribution in [0.25, 0.3) is 0 Å². The average molecular weight is 330 g/mol. The molecule has 0 radical (unpaired) electrons. The van der Waals surface area contributed by atoms with Crippen molar-refractivity contribution in [3.05, 3.63) is 35.9 Å². The molecule has 0 unspecified atom stereocenters. The Morgan fingerprint density at radius 1 is 0.870 bits per heavy atom. The monoisotopic (exact) mass is 330 g/mol. The fourth-order valence-corrected chi connectivity index (χ4v) is 8.95. The van der Waals surface area contributed by atoms with Crippen LogP contribution in [0, 0.1) is 29.6 Å². The molecule has 5 saturated carbocycles. The fourth-order valence-electron chi connectivity index (χ4n) is 6.36. The van der Waals surface area contributed by atoms with Gasteiger partial charge in [0.2, 0.25) is 0 Å². The van der Waals surface area contributed by atoms with Crippen molar-refractivity contribution >= 4 is 9.84 Å². The molecule has 0 aliphatic heterocycles. The standard InChI is InChI=1S/C20H26O2S/c21-23(22,20(6-7-20)18-4-2-1-3-5-18)13-19-16-9-14-8-15(11-16)12-17(19)10-14/h1-5,14-17,19H,6-13H2. The highest BCUT2D eigenvalue weighted by Gasteiger charge is 2.58. The first-order valence-corrected chi connectivity index (χ1v) is 11.0. The van der Waals surface area contributed by atoms with E-state index in [1.807, 2.05) is 30.3 Å². The van der Waals surface area contributed by atoms with E-state index in [9.17, 15) is 8.42 Å². The summed E-state index contributed by atoms with van der Waals surface area (Å²) in [4.78, 5) is 0. The summed E-state index contributed by atoms with van der Waals surface area (Å²) in [5.74, 6) is 4.14. The summed E-state index contributed by atoms with van der Waals surface area (Å²) in [7, 11) is -3.05. The SMILES string of the molecule is O=S(=O)(CC1C2CC3CC(C2)CC1C3)C1(c2ccccc2)CC1. The van der Waals surface area contributed by atoms with Crippen LogP contribution in [0.4, 0.5) is 0 Å². The Labute approximate surface area is 139 Å². The minimum absolute atomic E-state index is 0.453. The maximum atomic E-state index is 13.3. The zero-order valence-electron chi connectivity index (χ0n) is 13.7. The van der Waals surface area contributed by atoms with Crippen molar-refractivity contribution in [2.24, 2.45) is 29.6 Å². The second kappa shape index (κ2) is 4.84. The molecule has 4 bridgehead atoms. The van der Waals surface area contributed by atoms with Gasteiger partial charge in [0.15, 0.2) is 9.84 Å². The lowest BCUT2D eigenvalue weighted by atomic mass is 9.52. The van der Waals surface area contributed by atoms with Gasteiger partial charge in [-0.2, -0.15) is 0 Å². The molecule has 3 heteroatoms. The van der Waals surface area contributed by atoms with Gasteiger partial charge in [-0.05, 0) is 80.1 Å². The van der Waals surface area contributed by atoms with Crippen molar-refractivity contribution < 1.29 is 8.42 Å². The molecule has 124 valence electrons. The van der Waals surface area contributed by atoms with Crippen molar-refractivity contribution in [2.45, 2.75) is 49.7 Å². The van der Waals surface area contributed by atoms with Gasteiger partial charge in [-0.3, -0.25) is 0 Å². The van der Waals surface area contributed by atoms with Gasteiger partial charge >= 0.3 is 0 Å². The third kappa shape index (κ3) is 2.15. The lowest BCUT2D eigenvalue weighted by Gasteiger charge is -2.54. The van der Waals surface area contributed by atoms with Crippen molar-refractivity contribution in [3.8, 4) is 0 Å². The Hall–Kier alpha value is -0.830. The third-order valence-corrected chi connectivity index (χ3v) is 10.1. The van der Waals surface area contributed by atoms with E-state index < -0.39 is 14.6 Å². The zero-order valence-corrected chi connectivity index (χ0v) is 14.5. The van der Waals surface area contributed by atoms with Crippen LogP contribution < -0.4 is 0 Å². The first-order valence-electron chi connectivity index (χ1n) is 9.35. The average Bonchev–Trinajstić information content (AvgIpc) is 3.33. The Bertz CT molecular complexity index is 674. The van der Waals surface area contributed by atoms with Crippen LogP contribution >= 0.6 is 0 Å². The summed E-state index contributed by atoms with van der Waals surface area (Å²) in [5, 5.41) is 0. The molecule has 0 aromatic heterocycles. The van der Waals surface area contributed by atoms with E-state index in [1.165, 1.54) is 32.1 Å². The summed E-state index contributed by atoms with van der Waals surface area (Å²) in [6.07, 6.45) is 8.33. The molecule has 0 heterocycles. The van der Waals surface area contributed by atoms with Gasteiger partial charge in [0.05, 0.1) is 10.5 Å². The van der Waals surface area contributed by atoms with E-state index in [0.717, 1.165) is 30.2 Å². The molecule has 6 rings (SSSR count). The topological polar surface area (TPSA) is 34.1 Å². The normalized spacial score (nSPS) is 40.3. The highest BCUT2D eigenvalue weighted by molar-refractivity contribution is 7.92. The number of benzene rings is 1. The van der Waals surface area contributed by atoms with Crippen molar-refractivity contribution in [1.82, 2.24) is 0 Å². The third-order valence-electron chi connectivity index (χ3n) is 7.43. The molecule has 5 aliphatic carbocycles. The second-order valence-corrected chi connectivity index (χ2v) is 11.1. The van der Waals surface area contributed by atoms with Gasteiger partial charge in [0.25, 0.3) is 0 Å². The Morgan fingerprint density at radius 3 is 1.96 bits per heavy atom. The van der Waals surface area contributed by atoms with Crippen LogP contribution in [0.5, 0.6) is 0 Å². The number of hydrogen-bond acceptors (Lipinski definition) is 2. The lowest BCUT2D eigenvalue weighted by Crippen LogP contribution is -2.48. The number of rotatable bonds is 4. The summed E-state index contributed by atoms with van der Waals surface area (Å²) in [6, 6.07) is 9.97. The molecule has 1 aromatic rings. The maximum absolute atomic E-state index is 13.3. The van der Waals surface area contributed by atoms with E-state index in [-0.39, 0.29) is 0 Å². The Morgan fingerprint density at radius 2 is 1.43 bits per heavy atom. The van der Waals surface area contributed by atoms with Crippen LogP contribution in [-0.4, -0.2) is 14.2 Å². The van der Waals surface area contributed by atoms with Crippen LogP contribution in [0.1, 0.15) is 50.5 Å². The van der Waals surface area contributed by atoms with Crippen LogP contribution in [-0.2, 0) is 14.6 Å². The molecule has 0 spiro atoms. The summed E-state index contributed by atoms with van der Waals surface area (Å²) in [6.45, 7) is 0. The summed E-state index contributed by atoms with van der Waals surface area (Å²) < 4.78 is 26.1. The minimum atomic E-state index is -3.05. The van der Waals surface area contributed by atoms with Gasteiger partial charge in [0.1, 0.15) is 0 Å². The van der Waals surface area contributed by atoms with Crippen LogP contribution in [0.3, 0.4) is 0 Å². The van der Waals surface area contributed by atoms with Gasteiger partial charge in [-0.1, -0.05) is 30.3 Å². The molecule has 5 fully saturated rings. The molecule has 23 heavy (non-hydrogen) atoms. The zero-order chi connectivity index (χ0) is 15.7. The summed E-state index contributed by atoms with van der Waals surface area (Å²) in [5.41, 5.74) is 1.03. The second-order valence-electron chi connectivity index (χ2n) is 8.74. The van der Waals surface area contributed by atoms with E-state index in [0.29, 0.717) is 23.5 Å². The Kier molecular flexibility index (Phi) is 3.05. The largest absolute Gasteiger partial charge is 0.228 e.